The van der Waals surface area contributed by atoms with Gasteiger partial charge < -0.3 is 14.4 Å². The van der Waals surface area contributed by atoms with Crippen molar-refractivity contribution >= 4 is 23.3 Å². The number of rotatable bonds is 8. The van der Waals surface area contributed by atoms with Crippen LogP contribution in [0.4, 0.5) is 4.39 Å². The number of benzene rings is 2. The highest BCUT2D eigenvalue weighted by molar-refractivity contribution is 6.30. The monoisotopic (exact) mass is 640 g/mol. The van der Waals surface area contributed by atoms with Crippen LogP contribution in [0.3, 0.4) is 0 Å². The van der Waals surface area contributed by atoms with Gasteiger partial charge in [-0.05, 0) is 66.4 Å². The largest absolute Gasteiger partial charge is 0.380 e. The average Bonchev–Trinajstić information content (AvgIpc) is 3.57. The van der Waals surface area contributed by atoms with Gasteiger partial charge in [0.25, 0.3) is 11.5 Å². The Morgan fingerprint density at radius 3 is 2.50 bits per heavy atom. The van der Waals surface area contributed by atoms with E-state index in [2.05, 4.69) is 4.98 Å². The molecule has 2 aromatic heterocycles. The standard InChI is InChI=1S/C35H30ClFN4O5/c1-3-34(45,23-12-13-40(2)31(43)16-23)24-14-29-32(30(37)15-24)35(22-5-7-25(36)8-6-22,46-28-11-10-27(42)17-28)41(33(29)44)20-26-9-4-21(18-38)19-39-26/h4-9,12-16,19,28,45H,3,10-11,17,20H2,1-2H3/t28-,34-,35+/m0/s1. The van der Waals surface area contributed by atoms with E-state index in [-0.39, 0.29) is 53.0 Å². The van der Waals surface area contributed by atoms with Crippen LogP contribution in [0.5, 0.6) is 0 Å². The summed E-state index contributed by atoms with van der Waals surface area (Å²) in [6, 6.07) is 17.2. The van der Waals surface area contributed by atoms with E-state index in [4.69, 9.17) is 16.3 Å². The van der Waals surface area contributed by atoms with E-state index in [1.165, 1.54) is 40.1 Å². The molecule has 2 aromatic carbocycles. The van der Waals surface area contributed by atoms with Crippen LogP contribution in [0.15, 0.2) is 77.9 Å². The first-order chi connectivity index (χ1) is 22.0. The summed E-state index contributed by atoms with van der Waals surface area (Å²) >= 11 is 6.25. The second-order valence-corrected chi connectivity index (χ2v) is 12.1. The van der Waals surface area contributed by atoms with Crippen molar-refractivity contribution in [3.63, 3.8) is 0 Å². The Bertz CT molecular complexity index is 1960. The van der Waals surface area contributed by atoms with Gasteiger partial charge in [0.15, 0.2) is 0 Å². The molecular weight excluding hydrogens is 611 g/mol. The zero-order valence-corrected chi connectivity index (χ0v) is 25.9. The van der Waals surface area contributed by atoms with Crippen molar-refractivity contribution in [1.82, 2.24) is 14.5 Å². The number of amides is 1. The van der Waals surface area contributed by atoms with Crippen LogP contribution in [-0.4, -0.2) is 37.4 Å². The number of nitrogens with zero attached hydrogens (tertiary/aromatic N) is 4. The third kappa shape index (κ3) is 5.20. The Morgan fingerprint density at radius 1 is 1.13 bits per heavy atom. The summed E-state index contributed by atoms with van der Waals surface area (Å²) in [5.41, 5.74) is -2.61. The van der Waals surface area contributed by atoms with Gasteiger partial charge in [0, 0.05) is 48.9 Å². The van der Waals surface area contributed by atoms with Crippen LogP contribution in [0.2, 0.25) is 5.02 Å². The predicted molar refractivity (Wildman–Crippen MR) is 166 cm³/mol. The first-order valence-electron chi connectivity index (χ1n) is 14.9. The van der Waals surface area contributed by atoms with Crippen molar-refractivity contribution in [2.45, 2.75) is 56.6 Å². The van der Waals surface area contributed by atoms with Crippen molar-refractivity contribution in [2.75, 3.05) is 0 Å². The lowest BCUT2D eigenvalue weighted by Gasteiger charge is -2.41. The molecule has 46 heavy (non-hydrogen) atoms. The number of ether oxygens (including phenoxy) is 1. The molecule has 0 bridgehead atoms. The minimum absolute atomic E-state index is 0.000977. The molecule has 0 radical (unpaired) electrons. The molecule has 11 heteroatoms. The SMILES string of the molecule is CC[C@@](O)(c1cc(F)c2c(c1)C(=O)N(Cc1ccc(C#N)cn1)[C@@]2(O[C@H]1CCC(=O)C1)c1ccc(Cl)cc1)c1ccn(C)c(=O)c1. The van der Waals surface area contributed by atoms with Gasteiger partial charge in [-0.15, -0.1) is 0 Å². The molecule has 4 aromatic rings. The third-order valence-electron chi connectivity index (χ3n) is 8.90. The smallest absolute Gasteiger partial charge is 0.257 e. The fourth-order valence-corrected chi connectivity index (χ4v) is 6.51. The molecule has 1 aliphatic heterocycles. The Hall–Kier alpha value is -4.69. The molecule has 1 saturated carbocycles. The summed E-state index contributed by atoms with van der Waals surface area (Å²) in [6.45, 7) is 1.57. The number of aliphatic hydroxyl groups is 1. The maximum Gasteiger partial charge on any atom is 0.257 e. The molecule has 0 unspecified atom stereocenters. The number of hydrogen-bond acceptors (Lipinski definition) is 7. The van der Waals surface area contributed by atoms with Crippen LogP contribution < -0.4 is 5.56 Å². The second kappa shape index (κ2) is 11.9. The van der Waals surface area contributed by atoms with Crippen molar-refractivity contribution in [1.29, 1.82) is 5.26 Å². The minimum atomic E-state index is -1.84. The van der Waals surface area contributed by atoms with Crippen molar-refractivity contribution in [3.8, 4) is 6.07 Å². The van der Waals surface area contributed by atoms with Crippen LogP contribution in [0, 0.1) is 17.1 Å². The number of nitriles is 1. The highest BCUT2D eigenvalue weighted by Gasteiger charge is 2.56. The second-order valence-electron chi connectivity index (χ2n) is 11.7. The van der Waals surface area contributed by atoms with E-state index < -0.39 is 29.2 Å². The van der Waals surface area contributed by atoms with E-state index in [9.17, 15) is 24.8 Å². The topological polar surface area (TPSA) is 126 Å². The van der Waals surface area contributed by atoms with Crippen molar-refractivity contribution in [3.05, 3.63) is 133 Å². The molecule has 3 heterocycles. The van der Waals surface area contributed by atoms with Gasteiger partial charge in [-0.1, -0.05) is 30.7 Å². The Morgan fingerprint density at radius 2 is 1.89 bits per heavy atom. The lowest BCUT2D eigenvalue weighted by atomic mass is 9.82. The first kappa shape index (κ1) is 31.3. The molecule has 0 spiro atoms. The molecule has 1 N–H and O–H groups in total. The number of fused-ring (bicyclic) bond motifs is 1. The summed E-state index contributed by atoms with van der Waals surface area (Å²) in [6.07, 6.45) is 3.13. The number of aromatic nitrogens is 2. The predicted octanol–water partition coefficient (Wildman–Crippen LogP) is 5.09. The third-order valence-corrected chi connectivity index (χ3v) is 9.16. The van der Waals surface area contributed by atoms with E-state index in [1.54, 1.807) is 56.4 Å². The molecule has 2 aliphatic rings. The summed E-state index contributed by atoms with van der Waals surface area (Å²) in [4.78, 5) is 45.1. The number of aryl methyl sites for hydroxylation is 1. The molecule has 1 aliphatic carbocycles. The highest BCUT2D eigenvalue weighted by Crippen LogP contribution is 2.50. The van der Waals surface area contributed by atoms with E-state index >= 15 is 4.39 Å². The van der Waals surface area contributed by atoms with Crippen LogP contribution in [0.1, 0.15) is 76.5 Å². The normalized spacial score (nSPS) is 20.4. The first-order valence-corrected chi connectivity index (χ1v) is 15.2. The molecular formula is C35H30ClFN4O5. The van der Waals surface area contributed by atoms with Gasteiger partial charge in [-0.25, -0.2) is 4.39 Å². The van der Waals surface area contributed by atoms with Gasteiger partial charge in [-0.3, -0.25) is 24.3 Å². The molecule has 9 nitrogen and oxygen atoms in total. The Labute approximate surface area is 269 Å². The Balaban J connectivity index is 1.59. The maximum atomic E-state index is 16.9. The van der Waals surface area contributed by atoms with Gasteiger partial charge >= 0.3 is 0 Å². The van der Waals surface area contributed by atoms with E-state index in [0.717, 1.165) is 0 Å². The fraction of sp³-hybridized carbons (Fsp3) is 0.286. The molecule has 1 fully saturated rings. The van der Waals surface area contributed by atoms with Crippen molar-refractivity contribution < 1.29 is 23.8 Å². The summed E-state index contributed by atoms with van der Waals surface area (Å²) < 4.78 is 25.0. The van der Waals surface area contributed by atoms with Gasteiger partial charge in [0.05, 0.1) is 35.0 Å². The zero-order valence-electron chi connectivity index (χ0n) is 25.2. The number of halogens is 2. The lowest BCUT2D eigenvalue weighted by Crippen LogP contribution is -2.48. The highest BCUT2D eigenvalue weighted by atomic mass is 35.5. The number of pyridine rings is 2. The van der Waals surface area contributed by atoms with Crippen LogP contribution in [-0.2, 0) is 34.4 Å². The summed E-state index contributed by atoms with van der Waals surface area (Å²) in [5, 5.41) is 21.6. The van der Waals surface area contributed by atoms with Crippen LogP contribution in [0.25, 0.3) is 0 Å². The minimum Gasteiger partial charge on any atom is -0.380 e. The van der Waals surface area contributed by atoms with Crippen molar-refractivity contribution in [2.24, 2.45) is 7.05 Å². The number of hydrogen-bond donors (Lipinski definition) is 1. The van der Waals surface area contributed by atoms with E-state index in [1.807, 2.05) is 6.07 Å². The molecule has 6 rings (SSSR count). The fourth-order valence-electron chi connectivity index (χ4n) is 6.38. The number of carbonyl (C=O) groups excluding carboxylic acids is 2. The number of ketones is 1. The van der Waals surface area contributed by atoms with Crippen LogP contribution >= 0.6 is 11.6 Å². The molecule has 1 amide bonds. The quantitative estimate of drug-likeness (QED) is 0.285. The average molecular weight is 641 g/mol. The van der Waals surface area contributed by atoms with E-state index in [0.29, 0.717) is 34.7 Å². The summed E-state index contributed by atoms with van der Waals surface area (Å²) in [7, 11) is 1.58. The van der Waals surface area contributed by atoms with Gasteiger partial charge in [0.2, 0.25) is 5.72 Å². The van der Waals surface area contributed by atoms with Gasteiger partial charge in [-0.2, -0.15) is 5.26 Å². The molecule has 3 atom stereocenters. The summed E-state index contributed by atoms with van der Waals surface area (Å²) in [5.74, 6) is -1.41. The number of carbonyl (C=O) groups is 2. The zero-order chi connectivity index (χ0) is 32.8. The Kier molecular flexibility index (Phi) is 8.11. The maximum absolute atomic E-state index is 16.9. The molecule has 0 saturated heterocycles. The van der Waals surface area contributed by atoms with Gasteiger partial charge in [0.1, 0.15) is 23.3 Å². The lowest BCUT2D eigenvalue weighted by molar-refractivity contribution is -0.149. The number of Topliss-reactive ketones (excluding diaryl/α,β-unsaturated/α-hetero) is 1. The molecule has 234 valence electrons.